The summed E-state index contributed by atoms with van der Waals surface area (Å²) < 4.78 is 5.03. The Morgan fingerprint density at radius 1 is 1.35 bits per heavy atom. The van der Waals surface area contributed by atoms with E-state index in [-0.39, 0.29) is 0 Å². The molecule has 0 aromatic heterocycles. The number of aliphatic imine (C=N–C) groups is 1. The van der Waals surface area contributed by atoms with Crippen LogP contribution in [0.15, 0.2) is 41.9 Å². The van der Waals surface area contributed by atoms with Gasteiger partial charge < -0.3 is 20.3 Å². The van der Waals surface area contributed by atoms with Gasteiger partial charge in [0.1, 0.15) is 0 Å². The van der Waals surface area contributed by atoms with Crippen LogP contribution in [0.25, 0.3) is 0 Å². The quantitative estimate of drug-likeness (QED) is 0.301. The van der Waals surface area contributed by atoms with E-state index in [2.05, 4.69) is 58.4 Å². The second kappa shape index (κ2) is 11.5. The first-order valence-corrected chi connectivity index (χ1v) is 8.05. The number of guanidine groups is 1. The Kier molecular flexibility index (Phi) is 9.55. The summed E-state index contributed by atoms with van der Waals surface area (Å²) in [5.41, 5.74) is 2.33. The minimum absolute atomic E-state index is 0.706. The largest absolute Gasteiger partial charge is 0.383 e. The van der Waals surface area contributed by atoms with E-state index in [1.54, 1.807) is 7.11 Å². The fourth-order valence-corrected chi connectivity index (χ4v) is 2.18. The van der Waals surface area contributed by atoms with Crippen molar-refractivity contribution in [2.75, 3.05) is 46.2 Å². The molecular weight excluding hydrogens is 288 g/mol. The first-order valence-electron chi connectivity index (χ1n) is 8.05. The Balaban J connectivity index is 2.41. The highest BCUT2D eigenvalue weighted by atomic mass is 16.5. The summed E-state index contributed by atoms with van der Waals surface area (Å²) in [5, 5.41) is 6.70. The highest BCUT2D eigenvalue weighted by Gasteiger charge is 2.04. The molecular formula is C18H30N4O. The summed E-state index contributed by atoms with van der Waals surface area (Å²) in [7, 11) is 5.58. The Hall–Kier alpha value is -2.01. The maximum absolute atomic E-state index is 5.03. The van der Waals surface area contributed by atoms with Crippen molar-refractivity contribution >= 4 is 11.6 Å². The molecule has 0 heterocycles. The molecule has 0 amide bonds. The molecule has 0 bridgehead atoms. The second-order valence-corrected chi connectivity index (χ2v) is 5.37. The maximum atomic E-state index is 5.03. The summed E-state index contributed by atoms with van der Waals surface area (Å²) in [6.07, 6.45) is 4.06. The monoisotopic (exact) mass is 318 g/mol. The molecule has 1 aromatic rings. The smallest absolute Gasteiger partial charge is 0.193 e. The van der Waals surface area contributed by atoms with Crippen molar-refractivity contribution in [3.8, 4) is 0 Å². The van der Waals surface area contributed by atoms with Gasteiger partial charge in [-0.15, -0.1) is 6.58 Å². The van der Waals surface area contributed by atoms with E-state index in [0.29, 0.717) is 6.61 Å². The van der Waals surface area contributed by atoms with E-state index in [4.69, 9.17) is 4.74 Å². The normalized spacial score (nSPS) is 11.2. The van der Waals surface area contributed by atoms with Crippen LogP contribution in [0, 0.1) is 0 Å². The van der Waals surface area contributed by atoms with Gasteiger partial charge in [-0.05, 0) is 30.5 Å². The zero-order valence-electron chi connectivity index (χ0n) is 14.6. The Morgan fingerprint density at radius 2 is 2.09 bits per heavy atom. The average Bonchev–Trinajstić information content (AvgIpc) is 2.57. The molecule has 5 heteroatoms. The third kappa shape index (κ3) is 7.70. The summed E-state index contributed by atoms with van der Waals surface area (Å²) in [5.74, 6) is 0.913. The number of anilines is 1. The lowest BCUT2D eigenvalue weighted by Gasteiger charge is -2.22. The molecule has 0 aliphatic carbocycles. The number of nitrogens with zero attached hydrogens (tertiary/aromatic N) is 2. The van der Waals surface area contributed by atoms with Crippen LogP contribution in [0.5, 0.6) is 0 Å². The summed E-state index contributed by atoms with van der Waals surface area (Å²) in [4.78, 5) is 6.47. The summed E-state index contributed by atoms with van der Waals surface area (Å²) in [6.45, 7) is 7.00. The molecule has 5 nitrogen and oxygen atoms in total. The van der Waals surface area contributed by atoms with Gasteiger partial charge in [-0.1, -0.05) is 18.2 Å². The van der Waals surface area contributed by atoms with Crippen molar-refractivity contribution in [1.29, 1.82) is 0 Å². The van der Waals surface area contributed by atoms with Crippen molar-refractivity contribution in [3.05, 3.63) is 42.5 Å². The van der Waals surface area contributed by atoms with Crippen molar-refractivity contribution in [3.63, 3.8) is 0 Å². The predicted octanol–water partition coefficient (Wildman–Crippen LogP) is 2.72. The van der Waals surface area contributed by atoms with Crippen LogP contribution in [0.3, 0.4) is 0 Å². The van der Waals surface area contributed by atoms with E-state index in [9.17, 15) is 0 Å². The van der Waals surface area contributed by atoms with Gasteiger partial charge >= 0.3 is 0 Å². The first kappa shape index (κ1) is 19.0. The van der Waals surface area contributed by atoms with E-state index >= 15 is 0 Å². The van der Waals surface area contributed by atoms with Crippen LogP contribution in [0.1, 0.15) is 18.4 Å². The highest BCUT2D eigenvalue weighted by Crippen LogP contribution is 2.09. The number of rotatable bonds is 10. The van der Waals surface area contributed by atoms with E-state index in [1.807, 2.05) is 13.1 Å². The molecule has 0 aliphatic heterocycles. The fraction of sp³-hybridized carbons (Fsp3) is 0.500. The zero-order valence-corrected chi connectivity index (χ0v) is 14.6. The second-order valence-electron chi connectivity index (χ2n) is 5.37. The standard InChI is InChI=1S/C18H30N4O/c1-5-6-7-13-22(3)18(19-2)21-15-16-8-10-17(11-9-16)20-12-14-23-4/h5,8-11,20H,1,6-7,12-15H2,2-4H3,(H,19,21). The number of unbranched alkanes of at least 4 members (excludes halogenated alkanes) is 1. The van der Waals surface area contributed by atoms with Crippen LogP contribution in [0.2, 0.25) is 0 Å². The first-order chi connectivity index (χ1) is 11.2. The molecule has 0 saturated heterocycles. The minimum atomic E-state index is 0.706. The molecule has 1 aromatic carbocycles. The van der Waals surface area contributed by atoms with Crippen LogP contribution in [0.4, 0.5) is 5.69 Å². The van der Waals surface area contributed by atoms with Crippen LogP contribution in [-0.2, 0) is 11.3 Å². The van der Waals surface area contributed by atoms with Gasteiger partial charge in [0.15, 0.2) is 5.96 Å². The number of nitrogens with one attached hydrogen (secondary N) is 2. The van der Waals surface area contributed by atoms with Crippen molar-refractivity contribution in [2.24, 2.45) is 4.99 Å². The molecule has 128 valence electrons. The van der Waals surface area contributed by atoms with Gasteiger partial charge in [-0.2, -0.15) is 0 Å². The van der Waals surface area contributed by atoms with Crippen molar-refractivity contribution < 1.29 is 4.74 Å². The lowest BCUT2D eigenvalue weighted by atomic mass is 10.2. The van der Waals surface area contributed by atoms with E-state index in [0.717, 1.165) is 44.1 Å². The number of allylic oxidation sites excluding steroid dienone is 1. The fourth-order valence-electron chi connectivity index (χ4n) is 2.18. The summed E-state index contributed by atoms with van der Waals surface area (Å²) >= 11 is 0. The molecule has 23 heavy (non-hydrogen) atoms. The topological polar surface area (TPSA) is 48.9 Å². The number of hydrogen-bond acceptors (Lipinski definition) is 3. The minimum Gasteiger partial charge on any atom is -0.383 e. The number of ether oxygens (including phenoxy) is 1. The highest BCUT2D eigenvalue weighted by molar-refractivity contribution is 5.79. The molecule has 0 saturated carbocycles. The molecule has 0 aliphatic rings. The predicted molar refractivity (Wildman–Crippen MR) is 99.1 cm³/mol. The van der Waals surface area contributed by atoms with Gasteiger partial charge in [0, 0.05) is 46.5 Å². The third-order valence-electron chi connectivity index (χ3n) is 3.52. The average molecular weight is 318 g/mol. The van der Waals surface area contributed by atoms with Crippen LogP contribution in [-0.4, -0.2) is 51.8 Å². The van der Waals surface area contributed by atoms with Gasteiger partial charge in [0.2, 0.25) is 0 Å². The molecule has 0 spiro atoms. The van der Waals surface area contributed by atoms with Crippen molar-refractivity contribution in [2.45, 2.75) is 19.4 Å². The van der Waals surface area contributed by atoms with Gasteiger partial charge in [0.05, 0.1) is 6.61 Å². The number of hydrogen-bond donors (Lipinski definition) is 2. The lowest BCUT2D eigenvalue weighted by Crippen LogP contribution is -2.38. The molecule has 0 fully saturated rings. The molecule has 0 unspecified atom stereocenters. The van der Waals surface area contributed by atoms with E-state index in [1.165, 1.54) is 5.56 Å². The van der Waals surface area contributed by atoms with Crippen LogP contribution < -0.4 is 10.6 Å². The molecule has 0 atom stereocenters. The molecule has 0 radical (unpaired) electrons. The van der Waals surface area contributed by atoms with Crippen molar-refractivity contribution in [1.82, 2.24) is 10.2 Å². The van der Waals surface area contributed by atoms with Crippen LogP contribution >= 0.6 is 0 Å². The third-order valence-corrected chi connectivity index (χ3v) is 3.52. The van der Waals surface area contributed by atoms with Gasteiger partial charge in [-0.3, -0.25) is 4.99 Å². The molecule has 2 N–H and O–H groups in total. The summed E-state index contributed by atoms with van der Waals surface area (Å²) in [6, 6.07) is 8.41. The Morgan fingerprint density at radius 3 is 2.70 bits per heavy atom. The lowest BCUT2D eigenvalue weighted by molar-refractivity contribution is 0.211. The van der Waals surface area contributed by atoms with Gasteiger partial charge in [0.25, 0.3) is 0 Å². The SMILES string of the molecule is C=CCCCN(C)C(=NC)NCc1ccc(NCCOC)cc1. The van der Waals surface area contributed by atoms with E-state index < -0.39 is 0 Å². The maximum Gasteiger partial charge on any atom is 0.193 e. The molecule has 1 rings (SSSR count). The van der Waals surface area contributed by atoms with Gasteiger partial charge in [-0.25, -0.2) is 0 Å². The Bertz CT molecular complexity index is 470. The number of benzene rings is 1. The Labute approximate surface area is 140 Å². The zero-order chi connectivity index (χ0) is 16.9. The number of methoxy groups -OCH3 is 1.